The van der Waals surface area contributed by atoms with E-state index in [2.05, 4.69) is 31.1 Å². The molecule has 2 aliphatic rings. The summed E-state index contributed by atoms with van der Waals surface area (Å²) in [5.74, 6) is 1.56. The van der Waals surface area contributed by atoms with Crippen molar-refractivity contribution in [2.75, 3.05) is 44.4 Å². The number of aromatic amines is 1. The highest BCUT2D eigenvalue weighted by molar-refractivity contribution is 5.96. The molecule has 8 nitrogen and oxygen atoms in total. The number of anilines is 1. The average molecular weight is 381 g/mol. The Kier molecular flexibility index (Phi) is 4.80. The molecule has 146 valence electrons. The molecule has 0 radical (unpaired) electrons. The molecule has 0 aliphatic carbocycles. The van der Waals surface area contributed by atoms with Gasteiger partial charge in [0.05, 0.1) is 37.3 Å². The third-order valence-corrected chi connectivity index (χ3v) is 5.24. The molecular formula is C20H23N5O3. The van der Waals surface area contributed by atoms with Crippen molar-refractivity contribution in [1.82, 2.24) is 20.2 Å². The number of rotatable bonds is 4. The number of pyridine rings is 2. The Morgan fingerprint density at radius 1 is 1.00 bits per heavy atom. The number of H-pyrrole nitrogens is 1. The maximum absolute atomic E-state index is 6.24. The molecule has 0 saturated carbocycles. The summed E-state index contributed by atoms with van der Waals surface area (Å²) in [6, 6.07) is 5.98. The van der Waals surface area contributed by atoms with Gasteiger partial charge in [0.2, 0.25) is 5.88 Å². The van der Waals surface area contributed by atoms with Gasteiger partial charge in [-0.1, -0.05) is 0 Å². The van der Waals surface area contributed by atoms with Gasteiger partial charge >= 0.3 is 0 Å². The molecule has 2 saturated heterocycles. The number of ether oxygens (including phenoxy) is 3. The average Bonchev–Trinajstić information content (AvgIpc) is 3.21. The molecule has 5 rings (SSSR count). The summed E-state index contributed by atoms with van der Waals surface area (Å²) >= 11 is 0. The van der Waals surface area contributed by atoms with Gasteiger partial charge in [0.25, 0.3) is 0 Å². The first-order valence-corrected chi connectivity index (χ1v) is 9.75. The Morgan fingerprint density at radius 2 is 1.79 bits per heavy atom. The van der Waals surface area contributed by atoms with Crippen LogP contribution in [0.3, 0.4) is 0 Å². The van der Waals surface area contributed by atoms with Crippen LogP contribution in [0.1, 0.15) is 12.8 Å². The number of morpholine rings is 1. The van der Waals surface area contributed by atoms with Gasteiger partial charge in [-0.25, -0.2) is 9.97 Å². The van der Waals surface area contributed by atoms with Crippen LogP contribution in [0.4, 0.5) is 5.82 Å². The normalized spacial score (nSPS) is 18.5. The summed E-state index contributed by atoms with van der Waals surface area (Å²) < 4.78 is 17.1. The van der Waals surface area contributed by atoms with Crippen LogP contribution < -0.4 is 9.64 Å². The van der Waals surface area contributed by atoms with Gasteiger partial charge in [-0.05, 0) is 18.2 Å². The monoisotopic (exact) mass is 381 g/mol. The highest BCUT2D eigenvalue weighted by atomic mass is 16.5. The molecule has 8 heteroatoms. The van der Waals surface area contributed by atoms with Gasteiger partial charge < -0.3 is 19.1 Å². The van der Waals surface area contributed by atoms with Gasteiger partial charge in [0.15, 0.2) is 0 Å². The molecule has 2 fully saturated rings. The van der Waals surface area contributed by atoms with Crippen molar-refractivity contribution in [3.05, 3.63) is 30.6 Å². The van der Waals surface area contributed by atoms with E-state index in [0.29, 0.717) is 5.88 Å². The largest absolute Gasteiger partial charge is 0.474 e. The van der Waals surface area contributed by atoms with E-state index in [1.807, 2.05) is 18.3 Å². The summed E-state index contributed by atoms with van der Waals surface area (Å²) in [4.78, 5) is 11.3. The summed E-state index contributed by atoms with van der Waals surface area (Å²) in [5.41, 5.74) is 2.74. The minimum Gasteiger partial charge on any atom is -0.474 e. The van der Waals surface area contributed by atoms with Crippen LogP contribution in [0.2, 0.25) is 0 Å². The van der Waals surface area contributed by atoms with Gasteiger partial charge in [-0.3, -0.25) is 5.10 Å². The maximum Gasteiger partial charge on any atom is 0.225 e. The van der Waals surface area contributed by atoms with Crippen molar-refractivity contribution in [1.29, 1.82) is 0 Å². The molecule has 0 atom stereocenters. The fourth-order valence-electron chi connectivity index (χ4n) is 3.72. The number of fused-ring (bicyclic) bond motifs is 1. The van der Waals surface area contributed by atoms with Crippen LogP contribution >= 0.6 is 0 Å². The molecular weight excluding hydrogens is 358 g/mol. The van der Waals surface area contributed by atoms with E-state index in [-0.39, 0.29) is 6.10 Å². The Balaban J connectivity index is 1.50. The molecule has 2 aliphatic heterocycles. The van der Waals surface area contributed by atoms with Crippen LogP contribution in [-0.2, 0) is 9.47 Å². The molecule has 0 bridgehead atoms. The standard InChI is InChI=1S/C20H23N5O3/c1-5-21-17(25-7-11-27-12-8-25)13-14(1)19-18-16(23-24-19)2-6-22-20(18)28-15-3-9-26-10-4-15/h1-2,5-6,13,15H,3-4,7-12H2,(H,23,24). The van der Waals surface area contributed by atoms with Gasteiger partial charge in [0.1, 0.15) is 17.6 Å². The molecule has 0 amide bonds. The number of nitrogens with zero attached hydrogens (tertiary/aromatic N) is 4. The van der Waals surface area contributed by atoms with Crippen molar-refractivity contribution in [3.8, 4) is 17.1 Å². The smallest absolute Gasteiger partial charge is 0.225 e. The van der Waals surface area contributed by atoms with E-state index >= 15 is 0 Å². The first-order chi connectivity index (χ1) is 13.9. The Bertz CT molecular complexity index is 948. The zero-order valence-electron chi connectivity index (χ0n) is 15.6. The molecule has 0 unspecified atom stereocenters. The summed E-state index contributed by atoms with van der Waals surface area (Å²) in [6.07, 6.45) is 5.46. The second-order valence-corrected chi connectivity index (χ2v) is 7.04. The maximum atomic E-state index is 6.24. The molecule has 0 aromatic carbocycles. The number of aromatic nitrogens is 4. The van der Waals surface area contributed by atoms with E-state index < -0.39 is 0 Å². The third-order valence-electron chi connectivity index (χ3n) is 5.24. The third kappa shape index (κ3) is 3.41. The van der Waals surface area contributed by atoms with Crippen LogP contribution in [-0.4, -0.2) is 65.8 Å². The van der Waals surface area contributed by atoms with Gasteiger partial charge in [0, 0.05) is 43.9 Å². The SMILES string of the molecule is c1cc(-c2n[nH]c3ccnc(OC4CCOCC4)c23)cc(N2CCOCC2)n1. The topological polar surface area (TPSA) is 85.4 Å². The first-order valence-electron chi connectivity index (χ1n) is 9.75. The van der Waals surface area contributed by atoms with Crippen LogP contribution in [0.25, 0.3) is 22.2 Å². The second-order valence-electron chi connectivity index (χ2n) is 7.04. The van der Waals surface area contributed by atoms with Crippen molar-refractivity contribution < 1.29 is 14.2 Å². The molecule has 1 N–H and O–H groups in total. The minimum atomic E-state index is 0.121. The molecule has 3 aromatic rings. The van der Waals surface area contributed by atoms with Crippen molar-refractivity contribution in [3.63, 3.8) is 0 Å². The predicted octanol–water partition coefficient (Wildman–Crippen LogP) is 2.41. The van der Waals surface area contributed by atoms with E-state index in [1.165, 1.54) is 0 Å². The molecule has 28 heavy (non-hydrogen) atoms. The number of nitrogens with one attached hydrogen (secondary N) is 1. The molecule has 5 heterocycles. The zero-order chi connectivity index (χ0) is 18.8. The lowest BCUT2D eigenvalue weighted by molar-refractivity contribution is 0.0244. The molecule has 3 aromatic heterocycles. The lowest BCUT2D eigenvalue weighted by atomic mass is 10.1. The zero-order valence-corrected chi connectivity index (χ0v) is 15.6. The summed E-state index contributed by atoms with van der Waals surface area (Å²) in [6.45, 7) is 4.60. The van der Waals surface area contributed by atoms with Gasteiger partial charge in [-0.15, -0.1) is 0 Å². The Hall–Kier alpha value is -2.71. The van der Waals surface area contributed by atoms with Crippen molar-refractivity contribution in [2.24, 2.45) is 0 Å². The van der Waals surface area contributed by atoms with Crippen molar-refractivity contribution in [2.45, 2.75) is 18.9 Å². The fraction of sp³-hybridized carbons (Fsp3) is 0.450. The van der Waals surface area contributed by atoms with Crippen LogP contribution in [0, 0.1) is 0 Å². The van der Waals surface area contributed by atoms with E-state index in [1.54, 1.807) is 6.20 Å². The lowest BCUT2D eigenvalue weighted by Gasteiger charge is -2.27. The molecule has 0 spiro atoms. The second kappa shape index (κ2) is 7.73. The lowest BCUT2D eigenvalue weighted by Crippen LogP contribution is -2.36. The highest BCUT2D eigenvalue weighted by Gasteiger charge is 2.21. The summed E-state index contributed by atoms with van der Waals surface area (Å²) in [7, 11) is 0. The minimum absolute atomic E-state index is 0.121. The number of hydrogen-bond acceptors (Lipinski definition) is 7. The number of hydrogen-bond donors (Lipinski definition) is 1. The fourth-order valence-corrected chi connectivity index (χ4v) is 3.72. The first kappa shape index (κ1) is 17.4. The Labute approximate surface area is 162 Å². The predicted molar refractivity (Wildman–Crippen MR) is 105 cm³/mol. The van der Waals surface area contributed by atoms with Crippen LogP contribution in [0.15, 0.2) is 30.6 Å². The quantitative estimate of drug-likeness (QED) is 0.743. The van der Waals surface area contributed by atoms with E-state index in [4.69, 9.17) is 14.2 Å². The highest BCUT2D eigenvalue weighted by Crippen LogP contribution is 2.34. The van der Waals surface area contributed by atoms with E-state index in [0.717, 1.165) is 80.3 Å². The van der Waals surface area contributed by atoms with Crippen LogP contribution in [0.5, 0.6) is 5.88 Å². The van der Waals surface area contributed by atoms with Crippen molar-refractivity contribution >= 4 is 16.7 Å². The Morgan fingerprint density at radius 3 is 2.64 bits per heavy atom. The van der Waals surface area contributed by atoms with Gasteiger partial charge in [-0.2, -0.15) is 5.10 Å². The van der Waals surface area contributed by atoms with E-state index in [9.17, 15) is 0 Å². The summed E-state index contributed by atoms with van der Waals surface area (Å²) in [5, 5.41) is 8.59.